The van der Waals surface area contributed by atoms with Crippen molar-refractivity contribution in [2.75, 3.05) is 11.4 Å². The molecule has 0 saturated heterocycles. The lowest BCUT2D eigenvalue weighted by atomic mass is 9.99. The topological polar surface area (TPSA) is 24.2 Å². The molecule has 0 N–H and O–H groups in total. The van der Waals surface area contributed by atoms with Gasteiger partial charge in [0.1, 0.15) is 19.3 Å². The molecule has 0 fully saturated rings. The summed E-state index contributed by atoms with van der Waals surface area (Å²) in [5.74, 6) is 0.127. The molecule has 0 aliphatic carbocycles. The molecule has 112 valence electrons. The fraction of sp³-hybridized carbons (Fsp3) is 0.375. The van der Waals surface area contributed by atoms with Crippen molar-refractivity contribution in [3.63, 3.8) is 0 Å². The van der Waals surface area contributed by atoms with Gasteiger partial charge in [0.15, 0.2) is 0 Å². The van der Waals surface area contributed by atoms with E-state index in [1.807, 2.05) is 4.90 Å². The summed E-state index contributed by atoms with van der Waals surface area (Å²) >= 11 is 1.71. The lowest BCUT2D eigenvalue weighted by molar-refractivity contribution is -0.666. The van der Waals surface area contributed by atoms with Crippen molar-refractivity contribution in [1.82, 2.24) is 0 Å². The van der Waals surface area contributed by atoms with Crippen LogP contribution in [0.3, 0.4) is 0 Å². The Hall–Kier alpha value is -1.20. The van der Waals surface area contributed by atoms with E-state index in [1.165, 1.54) is 27.1 Å². The first-order valence-corrected chi connectivity index (χ1v) is 7.68. The van der Waals surface area contributed by atoms with Crippen LogP contribution in [-0.2, 0) is 11.3 Å². The number of anilines is 1. The summed E-state index contributed by atoms with van der Waals surface area (Å²) in [4.78, 5) is 14.8. The smallest absolute Gasteiger partial charge is 0.247 e. The van der Waals surface area contributed by atoms with Crippen molar-refractivity contribution < 1.29 is 9.36 Å². The SMILES string of the molecule is Br.CC(=O)N1CC[n+]2cc(-c3c(C)cc(C)cc3C)sc21. The highest BCUT2D eigenvalue weighted by Gasteiger charge is 2.34. The molecule has 3 nitrogen and oxygen atoms in total. The van der Waals surface area contributed by atoms with Crippen molar-refractivity contribution >= 4 is 39.4 Å². The summed E-state index contributed by atoms with van der Waals surface area (Å²) in [6, 6.07) is 4.45. The Morgan fingerprint density at radius 1 is 1.24 bits per heavy atom. The maximum Gasteiger partial charge on any atom is 0.344 e. The Kier molecular flexibility index (Phi) is 4.54. The Labute approximate surface area is 140 Å². The zero-order chi connectivity index (χ0) is 14.4. The number of aromatic nitrogens is 1. The van der Waals surface area contributed by atoms with E-state index in [1.54, 1.807) is 18.3 Å². The van der Waals surface area contributed by atoms with Gasteiger partial charge < -0.3 is 0 Å². The summed E-state index contributed by atoms with van der Waals surface area (Å²) in [5, 5.41) is 1.06. The number of hydrogen-bond acceptors (Lipinski definition) is 2. The number of carbonyl (C=O) groups is 1. The number of carbonyl (C=O) groups excluding carboxylic acids is 1. The van der Waals surface area contributed by atoms with E-state index in [0.717, 1.165) is 18.2 Å². The monoisotopic (exact) mass is 367 g/mol. The molecule has 1 aromatic carbocycles. The van der Waals surface area contributed by atoms with E-state index in [-0.39, 0.29) is 22.9 Å². The van der Waals surface area contributed by atoms with Gasteiger partial charge in [0, 0.05) is 12.5 Å². The number of amides is 1. The minimum atomic E-state index is 0. The third-order valence-corrected chi connectivity index (χ3v) is 4.99. The van der Waals surface area contributed by atoms with Crippen LogP contribution in [0, 0.1) is 20.8 Å². The molecule has 1 aromatic heterocycles. The van der Waals surface area contributed by atoms with Gasteiger partial charge in [-0.3, -0.25) is 0 Å². The highest BCUT2D eigenvalue weighted by atomic mass is 79.9. The standard InChI is InChI=1S/C16H19N2OS.BrH/c1-10-7-11(2)15(12(3)8-10)14-9-17-5-6-18(13(4)19)16(17)20-14;/h7-9H,5-6H2,1-4H3;1H/q+1;. The van der Waals surface area contributed by atoms with Crippen LogP contribution in [0.2, 0.25) is 0 Å². The zero-order valence-corrected chi connectivity index (χ0v) is 15.3. The van der Waals surface area contributed by atoms with Gasteiger partial charge in [0.2, 0.25) is 0 Å². The summed E-state index contributed by atoms with van der Waals surface area (Å²) in [7, 11) is 0. The van der Waals surface area contributed by atoms with Crippen molar-refractivity contribution in [3.05, 3.63) is 35.0 Å². The Morgan fingerprint density at radius 2 is 1.86 bits per heavy atom. The highest BCUT2D eigenvalue weighted by Crippen LogP contribution is 2.36. The van der Waals surface area contributed by atoms with Crippen LogP contribution in [0.4, 0.5) is 5.13 Å². The van der Waals surface area contributed by atoms with Crippen LogP contribution in [-0.4, -0.2) is 12.5 Å². The lowest BCUT2D eigenvalue weighted by Crippen LogP contribution is -2.28. The van der Waals surface area contributed by atoms with Crippen LogP contribution >= 0.6 is 28.3 Å². The van der Waals surface area contributed by atoms with Crippen LogP contribution in [0.25, 0.3) is 10.4 Å². The predicted molar refractivity (Wildman–Crippen MR) is 92.5 cm³/mol. The Bertz CT molecular complexity index is 685. The van der Waals surface area contributed by atoms with Gasteiger partial charge in [-0.2, -0.15) is 4.90 Å². The average Bonchev–Trinajstić information content (AvgIpc) is 2.86. The number of fused-ring (bicyclic) bond motifs is 1. The zero-order valence-electron chi connectivity index (χ0n) is 12.8. The molecule has 0 spiro atoms. The van der Waals surface area contributed by atoms with E-state index in [9.17, 15) is 4.79 Å². The normalized spacial score (nSPS) is 13.0. The van der Waals surface area contributed by atoms with Gasteiger partial charge in [-0.25, -0.2) is 9.36 Å². The summed E-state index contributed by atoms with van der Waals surface area (Å²) in [6.45, 7) is 9.78. The maximum absolute atomic E-state index is 11.7. The van der Waals surface area contributed by atoms with Crippen molar-refractivity contribution in [1.29, 1.82) is 0 Å². The molecule has 3 rings (SSSR count). The number of halogens is 1. The molecule has 1 aliphatic heterocycles. The first-order valence-electron chi connectivity index (χ1n) is 6.87. The average molecular weight is 368 g/mol. The minimum Gasteiger partial charge on any atom is -0.247 e. The number of thiazole rings is 1. The minimum absolute atomic E-state index is 0. The summed E-state index contributed by atoms with van der Waals surface area (Å²) in [5.41, 5.74) is 5.21. The maximum atomic E-state index is 11.7. The first-order chi connectivity index (χ1) is 9.47. The van der Waals surface area contributed by atoms with E-state index in [4.69, 9.17) is 0 Å². The van der Waals surface area contributed by atoms with Gasteiger partial charge in [-0.05, 0) is 43.2 Å². The molecule has 0 radical (unpaired) electrons. The fourth-order valence-corrected chi connectivity index (χ4v) is 4.42. The van der Waals surface area contributed by atoms with E-state index >= 15 is 0 Å². The number of hydrogen-bond donors (Lipinski definition) is 0. The van der Waals surface area contributed by atoms with Crippen molar-refractivity contribution in [2.24, 2.45) is 0 Å². The van der Waals surface area contributed by atoms with Gasteiger partial charge in [0.05, 0.1) is 4.88 Å². The second-order valence-electron chi connectivity index (χ2n) is 5.52. The molecule has 0 unspecified atom stereocenters. The summed E-state index contributed by atoms with van der Waals surface area (Å²) < 4.78 is 2.19. The second kappa shape index (κ2) is 5.89. The molecule has 2 aromatic rings. The summed E-state index contributed by atoms with van der Waals surface area (Å²) in [6.07, 6.45) is 2.19. The molecule has 0 atom stereocenters. The second-order valence-corrected chi connectivity index (χ2v) is 6.52. The van der Waals surface area contributed by atoms with Gasteiger partial charge in [0.25, 0.3) is 0 Å². The van der Waals surface area contributed by atoms with Crippen LogP contribution < -0.4 is 9.47 Å². The molecular weight excluding hydrogens is 348 g/mol. The Morgan fingerprint density at radius 3 is 2.43 bits per heavy atom. The quantitative estimate of drug-likeness (QED) is 0.706. The third kappa shape index (κ3) is 2.77. The predicted octanol–water partition coefficient (Wildman–Crippen LogP) is 3.57. The van der Waals surface area contributed by atoms with Crippen LogP contribution in [0.15, 0.2) is 18.3 Å². The van der Waals surface area contributed by atoms with Crippen molar-refractivity contribution in [2.45, 2.75) is 34.2 Å². The van der Waals surface area contributed by atoms with E-state index in [2.05, 4.69) is 43.7 Å². The first kappa shape index (κ1) is 16.2. The fourth-order valence-electron chi connectivity index (χ4n) is 3.03. The van der Waals surface area contributed by atoms with E-state index < -0.39 is 0 Å². The number of aryl methyl sites for hydroxylation is 3. The third-order valence-electron chi connectivity index (χ3n) is 3.82. The number of rotatable bonds is 1. The van der Waals surface area contributed by atoms with Crippen LogP contribution in [0.5, 0.6) is 0 Å². The molecular formula is C16H20BrN2OS+. The van der Waals surface area contributed by atoms with E-state index in [0.29, 0.717) is 0 Å². The van der Waals surface area contributed by atoms with Gasteiger partial charge in [-0.15, -0.1) is 17.0 Å². The lowest BCUT2D eigenvalue weighted by Gasteiger charge is -2.08. The van der Waals surface area contributed by atoms with Gasteiger partial charge >= 0.3 is 11.0 Å². The molecule has 1 amide bonds. The molecule has 1 aliphatic rings. The highest BCUT2D eigenvalue weighted by molar-refractivity contribution is 8.93. The largest absolute Gasteiger partial charge is 0.344 e. The van der Waals surface area contributed by atoms with Crippen molar-refractivity contribution in [3.8, 4) is 10.4 Å². The van der Waals surface area contributed by atoms with Crippen LogP contribution in [0.1, 0.15) is 23.6 Å². The number of nitrogens with zero attached hydrogens (tertiary/aromatic N) is 2. The molecule has 2 heterocycles. The molecule has 0 bridgehead atoms. The van der Waals surface area contributed by atoms with Gasteiger partial charge in [-0.1, -0.05) is 17.7 Å². The molecule has 0 saturated carbocycles. The molecule has 5 heteroatoms. The molecule has 21 heavy (non-hydrogen) atoms. The number of benzene rings is 1. The Balaban J connectivity index is 0.00000161.